The van der Waals surface area contributed by atoms with Gasteiger partial charge in [-0.05, 0) is 36.8 Å². The van der Waals surface area contributed by atoms with Crippen molar-refractivity contribution in [1.29, 1.82) is 0 Å². The van der Waals surface area contributed by atoms with E-state index < -0.39 is 6.09 Å². The number of hydrogen-bond donors (Lipinski definition) is 2. The summed E-state index contributed by atoms with van der Waals surface area (Å²) in [5.74, 6) is 0.761. The lowest BCUT2D eigenvalue weighted by Gasteiger charge is -2.14. The van der Waals surface area contributed by atoms with Crippen LogP contribution < -0.4 is 5.32 Å². The van der Waals surface area contributed by atoms with E-state index in [4.69, 9.17) is 16.7 Å². The number of pyridine rings is 1. The smallest absolute Gasteiger partial charge is 0.407 e. The van der Waals surface area contributed by atoms with Gasteiger partial charge in [0.2, 0.25) is 0 Å². The maximum Gasteiger partial charge on any atom is 0.407 e. The van der Waals surface area contributed by atoms with Gasteiger partial charge in [0.25, 0.3) is 0 Å². The Morgan fingerprint density at radius 1 is 1.40 bits per heavy atom. The van der Waals surface area contributed by atoms with Crippen LogP contribution in [0.5, 0.6) is 0 Å². The van der Waals surface area contributed by atoms with Gasteiger partial charge in [-0.1, -0.05) is 11.6 Å². The van der Waals surface area contributed by atoms with Gasteiger partial charge in [-0.15, -0.1) is 0 Å². The van der Waals surface area contributed by atoms with E-state index in [2.05, 4.69) is 10.3 Å². The molecule has 2 aromatic rings. The van der Waals surface area contributed by atoms with Gasteiger partial charge in [0, 0.05) is 29.5 Å². The molecule has 6 heteroatoms. The highest BCUT2D eigenvalue weighted by atomic mass is 35.5. The van der Waals surface area contributed by atoms with E-state index in [1.807, 2.05) is 30.3 Å². The number of likely N-dealkylation sites (tertiary alicyclic amines) is 1. The molecule has 1 unspecified atom stereocenters. The summed E-state index contributed by atoms with van der Waals surface area (Å²) >= 11 is 5.94. The van der Waals surface area contributed by atoms with Crippen LogP contribution in [0.25, 0.3) is 10.9 Å². The molecule has 20 heavy (non-hydrogen) atoms. The molecule has 0 spiro atoms. The Labute approximate surface area is 121 Å². The van der Waals surface area contributed by atoms with Crippen LogP contribution in [0, 0.1) is 0 Å². The summed E-state index contributed by atoms with van der Waals surface area (Å²) in [6.07, 6.45) is -0.0671. The van der Waals surface area contributed by atoms with Gasteiger partial charge in [-0.25, -0.2) is 9.78 Å². The molecule has 1 fully saturated rings. The largest absolute Gasteiger partial charge is 0.465 e. The van der Waals surface area contributed by atoms with Crippen LogP contribution in [-0.2, 0) is 0 Å². The summed E-state index contributed by atoms with van der Waals surface area (Å²) in [6, 6.07) is 9.52. The molecule has 1 aliphatic rings. The van der Waals surface area contributed by atoms with Gasteiger partial charge < -0.3 is 15.3 Å². The predicted molar refractivity (Wildman–Crippen MR) is 78.4 cm³/mol. The van der Waals surface area contributed by atoms with Gasteiger partial charge in [0.1, 0.15) is 5.82 Å². The van der Waals surface area contributed by atoms with Crippen LogP contribution in [0.1, 0.15) is 6.42 Å². The molecule has 2 heterocycles. The zero-order valence-corrected chi connectivity index (χ0v) is 11.5. The second-order valence-corrected chi connectivity index (χ2v) is 5.33. The van der Waals surface area contributed by atoms with Gasteiger partial charge in [-0.3, -0.25) is 0 Å². The summed E-state index contributed by atoms with van der Waals surface area (Å²) in [5.41, 5.74) is 0.868. The number of amides is 1. The molecule has 1 saturated heterocycles. The van der Waals surface area contributed by atoms with Crippen molar-refractivity contribution in [3.05, 3.63) is 35.4 Å². The van der Waals surface area contributed by atoms with Gasteiger partial charge in [0.05, 0.1) is 5.52 Å². The molecule has 5 nitrogen and oxygen atoms in total. The fraction of sp³-hybridized carbons (Fsp3) is 0.286. The zero-order valence-electron chi connectivity index (χ0n) is 10.7. The standard InChI is InChI=1S/C14H14ClN3O2/c15-10-2-3-12-9(7-10)1-4-13(17-12)16-11-5-6-18(8-11)14(19)20/h1-4,7,11H,5-6,8H2,(H,16,17)(H,19,20). The summed E-state index contributed by atoms with van der Waals surface area (Å²) in [4.78, 5) is 16.8. The fourth-order valence-electron chi connectivity index (χ4n) is 2.44. The van der Waals surface area contributed by atoms with Crippen LogP contribution in [0.2, 0.25) is 5.02 Å². The number of fused-ring (bicyclic) bond motifs is 1. The number of aromatic nitrogens is 1. The minimum Gasteiger partial charge on any atom is -0.465 e. The lowest BCUT2D eigenvalue weighted by molar-refractivity contribution is 0.155. The number of carbonyl (C=O) groups is 1. The van der Waals surface area contributed by atoms with Crippen molar-refractivity contribution < 1.29 is 9.90 Å². The molecule has 1 atom stereocenters. The maximum absolute atomic E-state index is 10.9. The van der Waals surface area contributed by atoms with E-state index in [9.17, 15) is 4.79 Å². The molecule has 104 valence electrons. The molecule has 3 rings (SSSR count). The normalized spacial score (nSPS) is 18.4. The van der Waals surface area contributed by atoms with E-state index in [1.165, 1.54) is 4.90 Å². The topological polar surface area (TPSA) is 65.5 Å². The van der Waals surface area contributed by atoms with E-state index in [1.54, 1.807) is 0 Å². The maximum atomic E-state index is 10.9. The third kappa shape index (κ3) is 2.63. The van der Waals surface area contributed by atoms with Crippen LogP contribution >= 0.6 is 11.6 Å². The molecule has 1 aliphatic heterocycles. The number of nitrogens with zero attached hydrogens (tertiary/aromatic N) is 2. The van der Waals surface area contributed by atoms with E-state index >= 15 is 0 Å². The predicted octanol–water partition coefficient (Wildman–Crippen LogP) is 3.05. The van der Waals surface area contributed by atoms with Gasteiger partial charge in [-0.2, -0.15) is 0 Å². The number of halogens is 1. The highest BCUT2D eigenvalue weighted by Crippen LogP contribution is 2.21. The second kappa shape index (κ2) is 5.17. The first-order valence-electron chi connectivity index (χ1n) is 6.42. The highest BCUT2D eigenvalue weighted by molar-refractivity contribution is 6.31. The molecular weight excluding hydrogens is 278 g/mol. The summed E-state index contributed by atoms with van der Waals surface area (Å²) in [7, 11) is 0. The van der Waals surface area contributed by atoms with Gasteiger partial charge in [0.15, 0.2) is 0 Å². The monoisotopic (exact) mass is 291 g/mol. The molecule has 1 amide bonds. The first-order valence-corrected chi connectivity index (χ1v) is 6.80. The first kappa shape index (κ1) is 13.0. The number of benzene rings is 1. The SMILES string of the molecule is O=C(O)N1CCC(Nc2ccc3cc(Cl)ccc3n2)C1. The average Bonchev–Trinajstić information content (AvgIpc) is 2.88. The number of rotatable bonds is 2. The number of carboxylic acid groups (broad SMARTS) is 1. The van der Waals surface area contributed by atoms with Crippen molar-refractivity contribution in [1.82, 2.24) is 9.88 Å². The van der Waals surface area contributed by atoms with E-state index in [-0.39, 0.29) is 6.04 Å². The van der Waals surface area contributed by atoms with Crippen LogP contribution in [0.3, 0.4) is 0 Å². The quantitative estimate of drug-likeness (QED) is 0.892. The summed E-state index contributed by atoms with van der Waals surface area (Å²) in [5, 5.41) is 13.9. The first-order chi connectivity index (χ1) is 9.61. The Bertz CT molecular complexity index is 662. The highest BCUT2D eigenvalue weighted by Gasteiger charge is 2.25. The van der Waals surface area contributed by atoms with Crippen molar-refractivity contribution in [2.75, 3.05) is 18.4 Å². The number of anilines is 1. The molecule has 1 aromatic carbocycles. The Kier molecular flexibility index (Phi) is 3.36. The minimum atomic E-state index is -0.865. The van der Waals surface area contributed by atoms with Crippen molar-refractivity contribution in [3.63, 3.8) is 0 Å². The Balaban J connectivity index is 1.75. The molecule has 2 N–H and O–H groups in total. The fourth-order valence-corrected chi connectivity index (χ4v) is 2.62. The summed E-state index contributed by atoms with van der Waals surface area (Å²) in [6.45, 7) is 1.06. The number of hydrogen-bond acceptors (Lipinski definition) is 3. The average molecular weight is 292 g/mol. The third-order valence-electron chi connectivity index (χ3n) is 3.46. The van der Waals surface area contributed by atoms with Crippen LogP contribution in [-0.4, -0.2) is 40.2 Å². The van der Waals surface area contributed by atoms with E-state index in [0.717, 1.165) is 23.1 Å². The minimum absolute atomic E-state index is 0.114. The van der Waals surface area contributed by atoms with Crippen molar-refractivity contribution >= 4 is 34.4 Å². The lowest BCUT2D eigenvalue weighted by Crippen LogP contribution is -2.30. The van der Waals surface area contributed by atoms with E-state index in [0.29, 0.717) is 18.1 Å². The van der Waals surface area contributed by atoms with Crippen LogP contribution in [0.4, 0.5) is 10.6 Å². The molecule has 0 saturated carbocycles. The number of nitrogens with one attached hydrogen (secondary N) is 1. The Morgan fingerprint density at radius 3 is 3.00 bits per heavy atom. The molecular formula is C14H14ClN3O2. The van der Waals surface area contributed by atoms with Crippen molar-refractivity contribution in [2.24, 2.45) is 0 Å². The molecule has 0 radical (unpaired) electrons. The van der Waals surface area contributed by atoms with Crippen molar-refractivity contribution in [2.45, 2.75) is 12.5 Å². The second-order valence-electron chi connectivity index (χ2n) is 4.89. The molecule has 1 aromatic heterocycles. The lowest BCUT2D eigenvalue weighted by atomic mass is 10.2. The van der Waals surface area contributed by atoms with Gasteiger partial charge >= 0.3 is 6.09 Å². The molecule has 0 bridgehead atoms. The zero-order chi connectivity index (χ0) is 14.1. The van der Waals surface area contributed by atoms with Crippen molar-refractivity contribution in [3.8, 4) is 0 Å². The molecule has 0 aliphatic carbocycles. The third-order valence-corrected chi connectivity index (χ3v) is 3.70. The Morgan fingerprint density at radius 2 is 2.25 bits per heavy atom. The summed E-state index contributed by atoms with van der Waals surface area (Å²) < 4.78 is 0. The van der Waals surface area contributed by atoms with Crippen LogP contribution in [0.15, 0.2) is 30.3 Å². The Hall–Kier alpha value is -2.01.